The van der Waals surface area contributed by atoms with E-state index in [1.807, 2.05) is 0 Å². The van der Waals surface area contributed by atoms with Gasteiger partial charge in [0.15, 0.2) is 0 Å². The Morgan fingerprint density at radius 2 is 2.06 bits per heavy atom. The van der Waals surface area contributed by atoms with Crippen molar-refractivity contribution in [2.75, 3.05) is 6.54 Å². The Morgan fingerprint density at radius 1 is 1.33 bits per heavy atom. The van der Waals surface area contributed by atoms with Crippen LogP contribution in [0.4, 0.5) is 0 Å². The average molecular weight is 246 g/mol. The van der Waals surface area contributed by atoms with Gasteiger partial charge in [-0.05, 0) is 38.7 Å². The summed E-state index contributed by atoms with van der Waals surface area (Å²) in [6.07, 6.45) is 1.29. The summed E-state index contributed by atoms with van der Waals surface area (Å²) in [7, 11) is 0. The van der Waals surface area contributed by atoms with E-state index in [0.29, 0.717) is 12.1 Å². The van der Waals surface area contributed by atoms with Crippen LogP contribution in [0.2, 0.25) is 0 Å². The van der Waals surface area contributed by atoms with Crippen LogP contribution in [0.15, 0.2) is 24.3 Å². The number of nitrogens with two attached hydrogens (primary N) is 1. The fourth-order valence-electron chi connectivity index (χ4n) is 3.37. The molecule has 2 nitrogen and oxygen atoms in total. The van der Waals surface area contributed by atoms with Crippen molar-refractivity contribution in [3.8, 4) is 0 Å². The lowest BCUT2D eigenvalue weighted by molar-refractivity contribution is 0.167. The van der Waals surface area contributed by atoms with Crippen LogP contribution in [0.5, 0.6) is 0 Å². The van der Waals surface area contributed by atoms with Gasteiger partial charge in [-0.2, -0.15) is 0 Å². The quantitative estimate of drug-likeness (QED) is 0.888. The highest BCUT2D eigenvalue weighted by molar-refractivity contribution is 5.26. The second-order valence-corrected chi connectivity index (χ2v) is 6.10. The third-order valence-electron chi connectivity index (χ3n) is 4.07. The van der Waals surface area contributed by atoms with E-state index in [-0.39, 0.29) is 6.04 Å². The van der Waals surface area contributed by atoms with Crippen molar-refractivity contribution in [2.45, 2.75) is 52.2 Å². The molecule has 0 bridgehead atoms. The topological polar surface area (TPSA) is 29.3 Å². The summed E-state index contributed by atoms with van der Waals surface area (Å²) >= 11 is 0. The van der Waals surface area contributed by atoms with E-state index < -0.39 is 0 Å². The first-order valence-corrected chi connectivity index (χ1v) is 7.07. The molecule has 0 aliphatic carbocycles. The Labute approximate surface area is 111 Å². The van der Waals surface area contributed by atoms with E-state index in [2.05, 4.69) is 56.9 Å². The normalized spacial score (nSPS) is 28.3. The standard InChI is InChI=1S/C16H26N2/c1-11-6-5-7-15(9-11)16(14(4)17)18-10-12(2)8-13(18)3/h5-7,9,12-14,16H,8,10,17H2,1-4H3. The minimum Gasteiger partial charge on any atom is -0.326 e. The highest BCUT2D eigenvalue weighted by Crippen LogP contribution is 2.33. The number of likely N-dealkylation sites (tertiary alicyclic amines) is 1. The van der Waals surface area contributed by atoms with Gasteiger partial charge in [-0.15, -0.1) is 0 Å². The lowest BCUT2D eigenvalue weighted by atomic mass is 9.97. The molecule has 1 aromatic rings. The third-order valence-corrected chi connectivity index (χ3v) is 4.07. The van der Waals surface area contributed by atoms with Gasteiger partial charge in [0.05, 0.1) is 0 Å². The Balaban J connectivity index is 2.29. The first kappa shape index (κ1) is 13.6. The van der Waals surface area contributed by atoms with E-state index in [1.54, 1.807) is 0 Å². The maximum Gasteiger partial charge on any atom is 0.0499 e. The molecule has 1 fully saturated rings. The molecule has 1 heterocycles. The smallest absolute Gasteiger partial charge is 0.0499 e. The van der Waals surface area contributed by atoms with E-state index in [1.165, 1.54) is 24.1 Å². The summed E-state index contributed by atoms with van der Waals surface area (Å²) in [6.45, 7) is 10.1. The molecule has 2 heteroatoms. The van der Waals surface area contributed by atoms with Crippen LogP contribution in [0.25, 0.3) is 0 Å². The molecule has 0 saturated carbocycles. The molecule has 1 aromatic carbocycles. The average Bonchev–Trinajstić information content (AvgIpc) is 2.58. The molecule has 0 spiro atoms. The second kappa shape index (κ2) is 5.41. The highest BCUT2D eigenvalue weighted by atomic mass is 15.2. The van der Waals surface area contributed by atoms with E-state index in [0.717, 1.165) is 5.92 Å². The Morgan fingerprint density at radius 3 is 2.56 bits per heavy atom. The maximum atomic E-state index is 6.26. The maximum absolute atomic E-state index is 6.26. The number of hydrogen-bond acceptors (Lipinski definition) is 2. The van der Waals surface area contributed by atoms with Crippen LogP contribution < -0.4 is 5.73 Å². The SMILES string of the molecule is Cc1cccc(C(C(C)N)N2CC(C)CC2C)c1. The van der Waals surface area contributed by atoms with Crippen molar-refractivity contribution >= 4 is 0 Å². The molecule has 0 amide bonds. The van der Waals surface area contributed by atoms with Gasteiger partial charge in [0.2, 0.25) is 0 Å². The lowest BCUT2D eigenvalue weighted by Crippen LogP contribution is -2.41. The molecule has 0 radical (unpaired) electrons. The molecule has 18 heavy (non-hydrogen) atoms. The van der Waals surface area contributed by atoms with Gasteiger partial charge in [-0.3, -0.25) is 4.90 Å². The fourth-order valence-corrected chi connectivity index (χ4v) is 3.37. The summed E-state index contributed by atoms with van der Waals surface area (Å²) in [4.78, 5) is 2.59. The molecule has 1 aliphatic rings. The van der Waals surface area contributed by atoms with Gasteiger partial charge in [0.1, 0.15) is 0 Å². The summed E-state index contributed by atoms with van der Waals surface area (Å²) in [5.74, 6) is 0.783. The van der Waals surface area contributed by atoms with Crippen LogP contribution in [-0.2, 0) is 0 Å². The predicted octanol–water partition coefficient (Wildman–Crippen LogP) is 3.11. The largest absolute Gasteiger partial charge is 0.326 e. The molecule has 4 atom stereocenters. The van der Waals surface area contributed by atoms with Crippen LogP contribution in [0.3, 0.4) is 0 Å². The molecule has 100 valence electrons. The number of benzene rings is 1. The minimum absolute atomic E-state index is 0.166. The number of aryl methyl sites for hydroxylation is 1. The van der Waals surface area contributed by atoms with Crippen LogP contribution in [0.1, 0.15) is 44.4 Å². The van der Waals surface area contributed by atoms with Crippen molar-refractivity contribution in [3.05, 3.63) is 35.4 Å². The van der Waals surface area contributed by atoms with E-state index >= 15 is 0 Å². The zero-order valence-electron chi connectivity index (χ0n) is 12.1. The van der Waals surface area contributed by atoms with Crippen LogP contribution >= 0.6 is 0 Å². The first-order valence-electron chi connectivity index (χ1n) is 7.07. The van der Waals surface area contributed by atoms with Gasteiger partial charge in [0, 0.05) is 24.7 Å². The van der Waals surface area contributed by atoms with E-state index in [4.69, 9.17) is 5.73 Å². The third kappa shape index (κ3) is 2.76. The van der Waals surface area contributed by atoms with Crippen LogP contribution in [-0.4, -0.2) is 23.5 Å². The van der Waals surface area contributed by atoms with Gasteiger partial charge in [-0.1, -0.05) is 36.8 Å². The van der Waals surface area contributed by atoms with Crippen molar-refractivity contribution in [1.29, 1.82) is 0 Å². The van der Waals surface area contributed by atoms with Gasteiger partial charge < -0.3 is 5.73 Å². The second-order valence-electron chi connectivity index (χ2n) is 6.10. The molecule has 4 unspecified atom stereocenters. The zero-order chi connectivity index (χ0) is 13.3. The molecular formula is C16H26N2. The Bertz CT molecular complexity index is 400. The minimum atomic E-state index is 0.166. The zero-order valence-corrected chi connectivity index (χ0v) is 12.1. The highest BCUT2D eigenvalue weighted by Gasteiger charge is 2.34. The van der Waals surface area contributed by atoms with Gasteiger partial charge >= 0.3 is 0 Å². The Hall–Kier alpha value is -0.860. The Kier molecular flexibility index (Phi) is 4.08. The van der Waals surface area contributed by atoms with Crippen molar-refractivity contribution in [1.82, 2.24) is 4.90 Å². The molecule has 2 N–H and O–H groups in total. The van der Waals surface area contributed by atoms with Crippen LogP contribution in [0, 0.1) is 12.8 Å². The van der Waals surface area contributed by atoms with E-state index in [9.17, 15) is 0 Å². The summed E-state index contributed by atoms with van der Waals surface area (Å²) < 4.78 is 0. The number of rotatable bonds is 3. The monoisotopic (exact) mass is 246 g/mol. The molecule has 2 rings (SSSR count). The van der Waals surface area contributed by atoms with Crippen molar-refractivity contribution in [2.24, 2.45) is 11.7 Å². The molecule has 0 aromatic heterocycles. The van der Waals surface area contributed by atoms with Gasteiger partial charge in [0.25, 0.3) is 0 Å². The summed E-state index contributed by atoms with van der Waals surface area (Å²) in [6, 6.07) is 9.95. The summed E-state index contributed by atoms with van der Waals surface area (Å²) in [5, 5.41) is 0. The van der Waals surface area contributed by atoms with Gasteiger partial charge in [-0.25, -0.2) is 0 Å². The fraction of sp³-hybridized carbons (Fsp3) is 0.625. The number of nitrogens with zero attached hydrogens (tertiary/aromatic N) is 1. The molecule has 1 saturated heterocycles. The summed E-state index contributed by atoms with van der Waals surface area (Å²) in [5.41, 5.74) is 8.95. The van der Waals surface area contributed by atoms with Crippen molar-refractivity contribution < 1.29 is 0 Å². The number of hydrogen-bond donors (Lipinski definition) is 1. The molecular weight excluding hydrogens is 220 g/mol. The lowest BCUT2D eigenvalue weighted by Gasteiger charge is -2.34. The first-order chi connectivity index (χ1) is 8.49. The van der Waals surface area contributed by atoms with Crippen molar-refractivity contribution in [3.63, 3.8) is 0 Å². The predicted molar refractivity (Wildman–Crippen MR) is 77.5 cm³/mol. The molecule has 1 aliphatic heterocycles.